The zero-order valence-corrected chi connectivity index (χ0v) is 21.7. The van der Waals surface area contributed by atoms with E-state index in [1.807, 2.05) is 30.3 Å². The second kappa shape index (κ2) is 11.5. The summed E-state index contributed by atoms with van der Waals surface area (Å²) in [6.07, 6.45) is 0.263. The molecule has 9 heteroatoms. The number of piperidine rings is 1. The largest absolute Gasteiger partial charge is 0.479 e. The van der Waals surface area contributed by atoms with Crippen LogP contribution in [-0.4, -0.2) is 58.6 Å². The number of ether oxygens (including phenoxy) is 1. The SMILES string of the molecule is C[C@H](NC(=O)C1(c2ccccc2)CCN(C(=O)OC(C)(C)C)CC1)C(=O)N[C@@H](C(=O)O)c1ccccc1. The van der Waals surface area contributed by atoms with E-state index in [0.717, 1.165) is 5.56 Å². The van der Waals surface area contributed by atoms with Crippen molar-refractivity contribution in [2.24, 2.45) is 0 Å². The molecule has 0 aliphatic carbocycles. The number of carbonyl (C=O) groups is 4. The fourth-order valence-corrected chi connectivity index (χ4v) is 4.40. The van der Waals surface area contributed by atoms with Gasteiger partial charge in [0.05, 0.1) is 5.41 Å². The summed E-state index contributed by atoms with van der Waals surface area (Å²) < 4.78 is 5.49. The van der Waals surface area contributed by atoms with Gasteiger partial charge in [-0.05, 0) is 51.7 Å². The molecule has 1 aliphatic heterocycles. The maximum Gasteiger partial charge on any atom is 0.410 e. The highest BCUT2D eigenvalue weighted by Crippen LogP contribution is 2.36. The summed E-state index contributed by atoms with van der Waals surface area (Å²) >= 11 is 0. The standard InChI is InChI=1S/C28H35N3O6/c1-19(23(32)30-22(24(33)34)20-11-7-5-8-12-20)29-25(35)28(21-13-9-6-10-14-21)15-17-31(18-16-28)26(36)37-27(2,3)4/h5-14,19,22H,15-18H2,1-4H3,(H,29,35)(H,30,32)(H,33,34)/t19-,22+/m0/s1. The smallest absolute Gasteiger partial charge is 0.410 e. The van der Waals surface area contributed by atoms with Gasteiger partial charge in [-0.2, -0.15) is 0 Å². The summed E-state index contributed by atoms with van der Waals surface area (Å²) in [5, 5.41) is 14.9. The maximum absolute atomic E-state index is 13.7. The number of aliphatic carboxylic acids is 1. The average Bonchev–Trinajstić information content (AvgIpc) is 2.86. The summed E-state index contributed by atoms with van der Waals surface area (Å²) in [6.45, 7) is 7.55. The number of carbonyl (C=O) groups excluding carboxylic acids is 3. The van der Waals surface area contributed by atoms with E-state index in [4.69, 9.17) is 4.74 Å². The Kier molecular flexibility index (Phi) is 8.57. The third-order valence-electron chi connectivity index (χ3n) is 6.44. The molecule has 0 radical (unpaired) electrons. The minimum atomic E-state index is -1.24. The van der Waals surface area contributed by atoms with Crippen molar-refractivity contribution in [3.63, 3.8) is 0 Å². The van der Waals surface area contributed by atoms with Crippen LogP contribution in [-0.2, 0) is 24.5 Å². The first kappa shape index (κ1) is 27.7. The van der Waals surface area contributed by atoms with Crippen LogP contribution in [0.5, 0.6) is 0 Å². The molecular formula is C28H35N3O6. The lowest BCUT2D eigenvalue weighted by atomic mass is 9.72. The summed E-state index contributed by atoms with van der Waals surface area (Å²) in [5.41, 5.74) is -0.368. The van der Waals surface area contributed by atoms with Crippen molar-refractivity contribution >= 4 is 23.9 Å². The molecule has 3 rings (SSSR count). The fourth-order valence-electron chi connectivity index (χ4n) is 4.40. The molecule has 3 amide bonds. The Hall–Kier alpha value is -3.88. The number of hydrogen-bond donors (Lipinski definition) is 3. The molecule has 1 heterocycles. The van der Waals surface area contributed by atoms with Gasteiger partial charge in [-0.15, -0.1) is 0 Å². The van der Waals surface area contributed by atoms with Gasteiger partial charge in [-0.25, -0.2) is 9.59 Å². The summed E-state index contributed by atoms with van der Waals surface area (Å²) in [4.78, 5) is 52.6. The minimum absolute atomic E-state index is 0.312. The number of amides is 3. The number of rotatable bonds is 7. The number of hydrogen-bond acceptors (Lipinski definition) is 5. The summed E-state index contributed by atoms with van der Waals surface area (Å²) in [6, 6.07) is 15.4. The quantitative estimate of drug-likeness (QED) is 0.525. The van der Waals surface area contributed by atoms with Crippen molar-refractivity contribution < 1.29 is 29.0 Å². The Morgan fingerprint density at radius 1 is 0.919 bits per heavy atom. The second-order valence-corrected chi connectivity index (χ2v) is 10.3. The topological polar surface area (TPSA) is 125 Å². The Labute approximate surface area is 217 Å². The van der Waals surface area contributed by atoms with Crippen LogP contribution < -0.4 is 10.6 Å². The maximum atomic E-state index is 13.7. The molecule has 198 valence electrons. The van der Waals surface area contributed by atoms with Crippen molar-refractivity contribution in [1.82, 2.24) is 15.5 Å². The molecule has 1 saturated heterocycles. The Balaban J connectivity index is 1.74. The molecule has 9 nitrogen and oxygen atoms in total. The van der Waals surface area contributed by atoms with Crippen LogP contribution >= 0.6 is 0 Å². The Morgan fingerprint density at radius 3 is 1.97 bits per heavy atom. The lowest BCUT2D eigenvalue weighted by molar-refractivity contribution is -0.142. The van der Waals surface area contributed by atoms with Crippen LogP contribution in [0.2, 0.25) is 0 Å². The first-order valence-electron chi connectivity index (χ1n) is 12.4. The molecule has 37 heavy (non-hydrogen) atoms. The lowest BCUT2D eigenvalue weighted by Gasteiger charge is -2.41. The molecule has 0 bridgehead atoms. The molecule has 1 fully saturated rings. The van der Waals surface area contributed by atoms with Gasteiger partial charge in [0.2, 0.25) is 11.8 Å². The third-order valence-corrected chi connectivity index (χ3v) is 6.44. The summed E-state index contributed by atoms with van der Waals surface area (Å²) in [7, 11) is 0. The normalized spacial score (nSPS) is 16.7. The van der Waals surface area contributed by atoms with E-state index in [9.17, 15) is 24.3 Å². The van der Waals surface area contributed by atoms with E-state index < -0.39 is 41.1 Å². The van der Waals surface area contributed by atoms with Gasteiger partial charge < -0.3 is 25.4 Å². The predicted molar refractivity (Wildman–Crippen MR) is 138 cm³/mol. The van der Waals surface area contributed by atoms with Crippen molar-refractivity contribution in [1.29, 1.82) is 0 Å². The van der Waals surface area contributed by atoms with Gasteiger partial charge in [0.15, 0.2) is 6.04 Å². The van der Waals surface area contributed by atoms with Crippen LogP contribution in [0.1, 0.15) is 57.7 Å². The Morgan fingerprint density at radius 2 is 1.46 bits per heavy atom. The molecule has 0 unspecified atom stereocenters. The highest BCUT2D eigenvalue weighted by atomic mass is 16.6. The number of carboxylic acids is 1. The van der Waals surface area contributed by atoms with Crippen LogP contribution in [0.25, 0.3) is 0 Å². The van der Waals surface area contributed by atoms with E-state index in [0.29, 0.717) is 31.5 Å². The number of nitrogens with one attached hydrogen (secondary N) is 2. The van der Waals surface area contributed by atoms with Crippen LogP contribution in [0.15, 0.2) is 60.7 Å². The van der Waals surface area contributed by atoms with Crippen LogP contribution in [0.4, 0.5) is 4.79 Å². The monoisotopic (exact) mass is 509 g/mol. The molecule has 2 atom stereocenters. The van der Waals surface area contributed by atoms with Crippen molar-refractivity contribution in [3.05, 3.63) is 71.8 Å². The minimum Gasteiger partial charge on any atom is -0.479 e. The lowest BCUT2D eigenvalue weighted by Crippen LogP contribution is -2.57. The highest BCUT2D eigenvalue weighted by Gasteiger charge is 2.45. The van der Waals surface area contributed by atoms with E-state index in [1.165, 1.54) is 6.92 Å². The van der Waals surface area contributed by atoms with Crippen molar-refractivity contribution in [3.8, 4) is 0 Å². The zero-order chi connectivity index (χ0) is 27.2. The molecule has 0 saturated carbocycles. The number of benzene rings is 2. The molecule has 1 aliphatic rings. The average molecular weight is 510 g/mol. The Bertz CT molecular complexity index is 1110. The second-order valence-electron chi connectivity index (χ2n) is 10.3. The molecule has 2 aromatic rings. The van der Waals surface area contributed by atoms with Crippen molar-refractivity contribution in [2.45, 2.75) is 63.6 Å². The molecule has 0 aromatic heterocycles. The van der Waals surface area contributed by atoms with E-state index in [2.05, 4.69) is 10.6 Å². The van der Waals surface area contributed by atoms with Crippen molar-refractivity contribution in [2.75, 3.05) is 13.1 Å². The molecular weight excluding hydrogens is 474 g/mol. The van der Waals surface area contributed by atoms with E-state index in [1.54, 1.807) is 56.0 Å². The number of carboxylic acid groups (broad SMARTS) is 1. The van der Waals surface area contributed by atoms with E-state index >= 15 is 0 Å². The van der Waals surface area contributed by atoms with Gasteiger partial charge in [-0.3, -0.25) is 9.59 Å². The van der Waals surface area contributed by atoms with Gasteiger partial charge in [0, 0.05) is 13.1 Å². The summed E-state index contributed by atoms with van der Waals surface area (Å²) in [5.74, 6) is -2.16. The zero-order valence-electron chi connectivity index (χ0n) is 21.7. The van der Waals surface area contributed by atoms with E-state index in [-0.39, 0.29) is 5.91 Å². The third kappa shape index (κ3) is 6.87. The van der Waals surface area contributed by atoms with Gasteiger partial charge >= 0.3 is 12.1 Å². The molecule has 2 aromatic carbocycles. The van der Waals surface area contributed by atoms with Gasteiger partial charge in [0.25, 0.3) is 0 Å². The van der Waals surface area contributed by atoms with Gasteiger partial charge in [0.1, 0.15) is 11.6 Å². The fraction of sp³-hybridized carbons (Fsp3) is 0.429. The number of nitrogens with zero attached hydrogens (tertiary/aromatic N) is 1. The first-order chi connectivity index (χ1) is 17.4. The first-order valence-corrected chi connectivity index (χ1v) is 12.4. The highest BCUT2D eigenvalue weighted by molar-refractivity contribution is 5.94. The van der Waals surface area contributed by atoms with Gasteiger partial charge in [-0.1, -0.05) is 60.7 Å². The molecule has 3 N–H and O–H groups in total. The van der Waals surface area contributed by atoms with Crippen LogP contribution in [0, 0.1) is 0 Å². The molecule has 0 spiro atoms. The predicted octanol–water partition coefficient (Wildman–Crippen LogP) is 3.40. The number of likely N-dealkylation sites (tertiary alicyclic amines) is 1. The van der Waals surface area contributed by atoms with Crippen LogP contribution in [0.3, 0.4) is 0 Å².